The third-order valence-electron chi connectivity index (χ3n) is 10.5. The Balaban J connectivity index is 1.23. The van der Waals surface area contributed by atoms with Crippen LogP contribution in [-0.4, -0.2) is 59.2 Å². The molecule has 3 heterocycles. The number of amides is 4. The van der Waals surface area contributed by atoms with Crippen molar-refractivity contribution in [3.05, 3.63) is 177 Å². The molecule has 9 N–H and O–H groups in total. The SMILES string of the molecule is N=C(N)c1ccc(CNC(=O)[C@@H]2Cc3ccc(cc3)CNC(=O)Cc3cccc(c3)CC(=O)NCc3ccc(cc3)C[C@@H](NCCCc3cccc(C(=O)O)c3)C(=O)N2)cc1. The van der Waals surface area contributed by atoms with Crippen LogP contribution < -0.4 is 32.3 Å². The molecule has 8 rings (SSSR count). The van der Waals surface area contributed by atoms with Gasteiger partial charge in [-0.1, -0.05) is 109 Å². The van der Waals surface area contributed by atoms with Crippen LogP contribution in [0.5, 0.6) is 0 Å². The summed E-state index contributed by atoms with van der Waals surface area (Å²) >= 11 is 0. The van der Waals surface area contributed by atoms with E-state index in [2.05, 4.69) is 26.6 Å². The number of aryl methyl sites for hydroxylation is 1. The molecule has 0 saturated heterocycles. The van der Waals surface area contributed by atoms with Gasteiger partial charge in [-0.15, -0.1) is 0 Å². The summed E-state index contributed by atoms with van der Waals surface area (Å²) in [6.07, 6.45) is 2.03. The Kier molecular flexibility index (Phi) is 15.1. The van der Waals surface area contributed by atoms with Crippen LogP contribution in [0.4, 0.5) is 0 Å². The third-order valence-corrected chi connectivity index (χ3v) is 10.5. The summed E-state index contributed by atoms with van der Waals surface area (Å²) in [6.45, 7) is 1.23. The van der Waals surface area contributed by atoms with Gasteiger partial charge in [-0.2, -0.15) is 0 Å². The summed E-state index contributed by atoms with van der Waals surface area (Å²) in [5.41, 5.74) is 13.1. The van der Waals surface area contributed by atoms with Crippen molar-refractivity contribution in [3.63, 3.8) is 0 Å². The van der Waals surface area contributed by atoms with Crippen molar-refractivity contribution in [2.75, 3.05) is 6.54 Å². The second-order valence-corrected chi connectivity index (χ2v) is 15.3. The average Bonchev–Trinajstić information content (AvgIpc) is 3.25. The van der Waals surface area contributed by atoms with Crippen LogP contribution in [0.3, 0.4) is 0 Å². The van der Waals surface area contributed by atoms with E-state index in [9.17, 15) is 29.1 Å². The summed E-state index contributed by atoms with van der Waals surface area (Å²) in [6, 6.07) is 34.7. The monoisotopic (exact) mass is 821 g/mol. The Hall–Kier alpha value is -7.12. The molecule has 13 heteroatoms. The molecule has 0 aromatic heterocycles. The van der Waals surface area contributed by atoms with Crippen molar-refractivity contribution in [2.24, 2.45) is 5.73 Å². The zero-order chi connectivity index (χ0) is 43.1. The predicted octanol–water partition coefficient (Wildman–Crippen LogP) is 3.88. The number of nitrogens with two attached hydrogens (primary N) is 1. The average molecular weight is 822 g/mol. The van der Waals surface area contributed by atoms with E-state index in [0.29, 0.717) is 44.5 Å². The highest BCUT2D eigenvalue weighted by molar-refractivity contribution is 5.95. The zero-order valence-corrected chi connectivity index (χ0v) is 33.8. The van der Waals surface area contributed by atoms with Gasteiger partial charge in [0.1, 0.15) is 11.9 Å². The number of carboxylic acids is 1. The van der Waals surface area contributed by atoms with Gasteiger partial charge in [0, 0.05) is 31.6 Å². The number of carbonyl (C=O) groups is 5. The lowest BCUT2D eigenvalue weighted by Gasteiger charge is -2.24. The molecule has 0 radical (unpaired) electrons. The summed E-state index contributed by atoms with van der Waals surface area (Å²) in [5, 5.41) is 32.4. The van der Waals surface area contributed by atoms with E-state index >= 15 is 0 Å². The summed E-state index contributed by atoms with van der Waals surface area (Å²) in [4.78, 5) is 65.5. The van der Waals surface area contributed by atoms with E-state index in [1.54, 1.807) is 42.5 Å². The van der Waals surface area contributed by atoms with Gasteiger partial charge in [-0.3, -0.25) is 24.6 Å². The van der Waals surface area contributed by atoms with Crippen LogP contribution >= 0.6 is 0 Å². The molecule has 0 aliphatic carbocycles. The molecule has 3 aliphatic heterocycles. The molecule has 0 unspecified atom stereocenters. The fourth-order valence-electron chi connectivity index (χ4n) is 7.09. The number of rotatable bonds is 10. The maximum absolute atomic E-state index is 14.3. The molecule has 0 saturated carbocycles. The highest BCUT2D eigenvalue weighted by Crippen LogP contribution is 2.14. The first-order valence-corrected chi connectivity index (χ1v) is 20.3. The highest BCUT2D eigenvalue weighted by atomic mass is 16.4. The van der Waals surface area contributed by atoms with Gasteiger partial charge in [0.05, 0.1) is 24.4 Å². The van der Waals surface area contributed by atoms with Gasteiger partial charge in [-0.05, 0) is 82.4 Å². The maximum atomic E-state index is 14.3. The first-order valence-electron chi connectivity index (χ1n) is 20.3. The Labute approximate surface area is 355 Å². The number of nitrogen functional groups attached to an aromatic ring is 1. The van der Waals surface area contributed by atoms with Gasteiger partial charge >= 0.3 is 5.97 Å². The van der Waals surface area contributed by atoms with Crippen LogP contribution in [0.1, 0.15) is 66.8 Å². The van der Waals surface area contributed by atoms with E-state index in [4.69, 9.17) is 11.1 Å². The quantitative estimate of drug-likeness (QED) is 0.0587. The second kappa shape index (κ2) is 21.2. The molecule has 2 atom stereocenters. The predicted molar refractivity (Wildman–Crippen MR) is 233 cm³/mol. The summed E-state index contributed by atoms with van der Waals surface area (Å²) in [5.74, 6) is -2.12. The Morgan fingerprint density at radius 2 is 1.25 bits per heavy atom. The minimum Gasteiger partial charge on any atom is -0.478 e. The number of carbonyl (C=O) groups excluding carboxylic acids is 4. The Bertz CT molecular complexity index is 2350. The van der Waals surface area contributed by atoms with Gasteiger partial charge in [0.2, 0.25) is 23.6 Å². The number of carboxylic acid groups (broad SMARTS) is 1. The zero-order valence-electron chi connectivity index (χ0n) is 33.8. The van der Waals surface area contributed by atoms with Crippen molar-refractivity contribution < 1.29 is 29.1 Å². The second-order valence-electron chi connectivity index (χ2n) is 15.3. The lowest BCUT2D eigenvalue weighted by molar-refractivity contribution is -0.130. The Morgan fingerprint density at radius 3 is 1.84 bits per heavy atom. The normalized spacial score (nSPS) is 16.3. The molecule has 0 fully saturated rings. The molecule has 13 nitrogen and oxygen atoms in total. The van der Waals surface area contributed by atoms with Gasteiger partial charge in [-0.25, -0.2) is 4.79 Å². The van der Waals surface area contributed by atoms with Crippen molar-refractivity contribution in [1.82, 2.24) is 26.6 Å². The van der Waals surface area contributed by atoms with Crippen molar-refractivity contribution in [1.29, 1.82) is 5.41 Å². The number of benzene rings is 5. The molecule has 5 aromatic carbocycles. The number of aromatic carboxylic acids is 1. The van der Waals surface area contributed by atoms with E-state index in [-0.39, 0.29) is 60.8 Å². The molecule has 61 heavy (non-hydrogen) atoms. The minimum atomic E-state index is -0.996. The largest absolute Gasteiger partial charge is 0.478 e. The standard InChI is InChI=1S/C48H51N7O6/c49-45(50)39-19-17-36(18-20-39)30-54-46(58)42-25-33-11-15-35(16-12-33)29-53-44(57)27-38-6-1-5-37(22-38)26-43(56)52-28-34-13-9-32(10-14-34)24-41(47(59)55-42)51-21-3-7-31-4-2-8-40(23-31)48(60)61/h1-2,4-6,8-20,22-23,41-42,51H,3,7,21,24-30H2,(H3,49,50)(H,52,56)(H,53,57)(H,54,58)(H,55,59)(H,60,61)/t41-,42+/m1/s1. The molecule has 3 aliphatic rings. The maximum Gasteiger partial charge on any atom is 0.335 e. The van der Waals surface area contributed by atoms with Crippen LogP contribution in [0.25, 0.3) is 0 Å². The van der Waals surface area contributed by atoms with E-state index < -0.39 is 18.1 Å². The van der Waals surface area contributed by atoms with Crippen molar-refractivity contribution >= 4 is 35.4 Å². The molecule has 6 bridgehead atoms. The first kappa shape index (κ1) is 43.5. The Morgan fingerprint density at radius 1 is 0.672 bits per heavy atom. The van der Waals surface area contributed by atoms with Gasteiger partial charge in [0.15, 0.2) is 0 Å². The number of nitrogens with one attached hydrogen (secondary N) is 6. The third kappa shape index (κ3) is 13.5. The molecule has 5 aromatic rings. The molecular weight excluding hydrogens is 771 g/mol. The molecule has 314 valence electrons. The van der Waals surface area contributed by atoms with Crippen molar-refractivity contribution in [2.45, 2.75) is 70.2 Å². The number of hydrogen-bond donors (Lipinski definition) is 8. The van der Waals surface area contributed by atoms with E-state index in [1.807, 2.05) is 78.9 Å². The topological polar surface area (TPSA) is 216 Å². The number of fused-ring (bicyclic) bond motifs is 2. The number of hydrogen-bond acceptors (Lipinski definition) is 7. The van der Waals surface area contributed by atoms with E-state index in [0.717, 1.165) is 44.5 Å². The summed E-state index contributed by atoms with van der Waals surface area (Å²) in [7, 11) is 0. The van der Waals surface area contributed by atoms with Crippen LogP contribution in [0, 0.1) is 5.41 Å². The molecule has 0 spiro atoms. The van der Waals surface area contributed by atoms with Crippen LogP contribution in [-0.2, 0) is 70.9 Å². The highest BCUT2D eigenvalue weighted by Gasteiger charge is 2.26. The van der Waals surface area contributed by atoms with Crippen molar-refractivity contribution in [3.8, 4) is 0 Å². The van der Waals surface area contributed by atoms with Crippen LogP contribution in [0.15, 0.2) is 121 Å². The first-order chi connectivity index (χ1) is 29.5. The molecule has 4 amide bonds. The minimum absolute atomic E-state index is 0.0579. The fourth-order valence-corrected chi connectivity index (χ4v) is 7.09. The lowest BCUT2D eigenvalue weighted by atomic mass is 10.0. The number of amidine groups is 1. The van der Waals surface area contributed by atoms with Gasteiger partial charge < -0.3 is 37.4 Å². The summed E-state index contributed by atoms with van der Waals surface area (Å²) < 4.78 is 0. The smallest absolute Gasteiger partial charge is 0.335 e. The molecular formula is C48H51N7O6. The van der Waals surface area contributed by atoms with Gasteiger partial charge in [0.25, 0.3) is 0 Å². The van der Waals surface area contributed by atoms with E-state index in [1.165, 1.54) is 0 Å². The van der Waals surface area contributed by atoms with Crippen LogP contribution in [0.2, 0.25) is 0 Å². The fraction of sp³-hybridized carbons (Fsp3) is 0.250. The lowest BCUT2D eigenvalue weighted by Crippen LogP contribution is -2.54.